The van der Waals surface area contributed by atoms with E-state index in [9.17, 15) is 4.79 Å². The van der Waals surface area contributed by atoms with Gasteiger partial charge < -0.3 is 23.5 Å². The van der Waals surface area contributed by atoms with Crippen molar-refractivity contribution >= 4 is 28.6 Å². The van der Waals surface area contributed by atoms with Gasteiger partial charge in [0, 0.05) is 29.7 Å². The van der Waals surface area contributed by atoms with Crippen molar-refractivity contribution in [3.63, 3.8) is 0 Å². The third-order valence-corrected chi connectivity index (χ3v) is 8.96. The maximum absolute atomic E-state index is 12.5. The van der Waals surface area contributed by atoms with Crippen LogP contribution in [0.1, 0.15) is 51.3 Å². The number of nitrogens with zero attached hydrogens (tertiary/aromatic N) is 3. The maximum Gasteiger partial charge on any atom is 0.338 e. The molecule has 1 saturated heterocycles. The molecule has 2 aliphatic heterocycles. The molecule has 0 saturated carbocycles. The number of imidazole rings is 1. The SMILES string of the molecule is COC(=O)c1cc(OC)c2nc(Cc3ccc4cc3CCCc3cc(Cl)ccc3COc3cccc-4n3)n(C[C@@H]3CCO3)c2c1. The van der Waals surface area contributed by atoms with Gasteiger partial charge in [0.25, 0.3) is 0 Å². The van der Waals surface area contributed by atoms with Crippen LogP contribution in [0, 0.1) is 0 Å². The Kier molecular flexibility index (Phi) is 8.17. The Labute approximate surface area is 266 Å². The van der Waals surface area contributed by atoms with E-state index in [-0.39, 0.29) is 6.10 Å². The minimum absolute atomic E-state index is 0.0951. The molecule has 0 spiro atoms. The Hall–Kier alpha value is -4.40. The van der Waals surface area contributed by atoms with Crippen molar-refractivity contribution in [2.75, 3.05) is 20.8 Å². The molecule has 8 nitrogen and oxygen atoms in total. The molecule has 4 heterocycles. The molecule has 7 rings (SSSR count). The molecule has 9 heteroatoms. The van der Waals surface area contributed by atoms with Gasteiger partial charge in [-0.05, 0) is 84.3 Å². The summed E-state index contributed by atoms with van der Waals surface area (Å²) in [5.41, 5.74) is 8.60. The fourth-order valence-corrected chi connectivity index (χ4v) is 6.40. The van der Waals surface area contributed by atoms with Gasteiger partial charge in [-0.15, -0.1) is 0 Å². The quantitative estimate of drug-likeness (QED) is 0.188. The van der Waals surface area contributed by atoms with Crippen LogP contribution in [0.2, 0.25) is 5.02 Å². The Morgan fingerprint density at radius 3 is 2.67 bits per heavy atom. The summed E-state index contributed by atoms with van der Waals surface area (Å²) in [7, 11) is 2.97. The van der Waals surface area contributed by atoms with E-state index in [2.05, 4.69) is 22.8 Å². The van der Waals surface area contributed by atoms with Crippen LogP contribution in [0.4, 0.5) is 0 Å². The second-order valence-electron chi connectivity index (χ2n) is 11.5. The highest BCUT2D eigenvalue weighted by atomic mass is 35.5. The summed E-state index contributed by atoms with van der Waals surface area (Å²) >= 11 is 6.40. The molecule has 2 aliphatic rings. The highest BCUT2D eigenvalue weighted by Crippen LogP contribution is 2.33. The molecule has 230 valence electrons. The number of pyridine rings is 1. The zero-order valence-electron chi connectivity index (χ0n) is 25.3. The summed E-state index contributed by atoms with van der Waals surface area (Å²) in [5.74, 6) is 1.59. The molecule has 2 aromatic heterocycles. The summed E-state index contributed by atoms with van der Waals surface area (Å²) in [4.78, 5) is 22.5. The van der Waals surface area contributed by atoms with Crippen LogP contribution in [0.25, 0.3) is 22.3 Å². The van der Waals surface area contributed by atoms with Crippen molar-refractivity contribution in [2.45, 2.75) is 51.4 Å². The lowest BCUT2D eigenvalue weighted by Crippen LogP contribution is -2.31. The molecule has 1 atom stereocenters. The van der Waals surface area contributed by atoms with Crippen molar-refractivity contribution in [2.24, 2.45) is 0 Å². The van der Waals surface area contributed by atoms with Crippen LogP contribution >= 0.6 is 11.6 Å². The molecule has 4 bridgehead atoms. The van der Waals surface area contributed by atoms with E-state index in [0.717, 1.165) is 65.5 Å². The van der Waals surface area contributed by atoms with E-state index in [1.165, 1.54) is 23.8 Å². The zero-order chi connectivity index (χ0) is 30.9. The lowest BCUT2D eigenvalue weighted by molar-refractivity contribution is -0.0589. The number of ether oxygens (including phenoxy) is 4. The minimum atomic E-state index is -0.419. The number of esters is 1. The first-order chi connectivity index (χ1) is 22.0. The van der Waals surface area contributed by atoms with Crippen LogP contribution in [0.15, 0.2) is 66.7 Å². The second kappa shape index (κ2) is 12.5. The third-order valence-electron chi connectivity index (χ3n) is 8.73. The van der Waals surface area contributed by atoms with Gasteiger partial charge in [-0.1, -0.05) is 35.9 Å². The van der Waals surface area contributed by atoms with E-state index in [0.29, 0.717) is 42.3 Å². The Balaban J connectivity index is 1.30. The molecule has 0 radical (unpaired) electrons. The second-order valence-corrected chi connectivity index (χ2v) is 12.0. The summed E-state index contributed by atoms with van der Waals surface area (Å²) in [6.07, 6.45) is 4.37. The fraction of sp³-hybridized carbons (Fsp3) is 0.306. The molecule has 0 N–H and O–H groups in total. The van der Waals surface area contributed by atoms with Crippen molar-refractivity contribution in [3.05, 3.63) is 105 Å². The lowest BCUT2D eigenvalue weighted by Gasteiger charge is -2.27. The molecular weight excluding hydrogens is 590 g/mol. The number of carbonyl (C=O) groups excluding carboxylic acids is 1. The van der Waals surface area contributed by atoms with Crippen LogP contribution in [0.5, 0.6) is 11.6 Å². The highest BCUT2D eigenvalue weighted by Gasteiger charge is 2.25. The van der Waals surface area contributed by atoms with E-state index in [1.54, 1.807) is 13.2 Å². The Morgan fingerprint density at radius 1 is 1.00 bits per heavy atom. The predicted molar refractivity (Wildman–Crippen MR) is 172 cm³/mol. The number of carbonyl (C=O) groups is 1. The monoisotopic (exact) mass is 623 g/mol. The van der Waals surface area contributed by atoms with E-state index < -0.39 is 5.97 Å². The Morgan fingerprint density at radius 2 is 1.87 bits per heavy atom. The van der Waals surface area contributed by atoms with Crippen LogP contribution in [-0.4, -0.2) is 47.4 Å². The van der Waals surface area contributed by atoms with Crippen LogP contribution in [-0.2, 0) is 41.9 Å². The number of hydrogen-bond donors (Lipinski definition) is 0. The number of fused-ring (bicyclic) bond motifs is 7. The lowest BCUT2D eigenvalue weighted by atomic mass is 9.94. The van der Waals surface area contributed by atoms with Crippen LogP contribution in [0.3, 0.4) is 0 Å². The maximum atomic E-state index is 12.5. The summed E-state index contributed by atoms with van der Waals surface area (Å²) < 4.78 is 24.9. The molecular formula is C36H34ClN3O5. The van der Waals surface area contributed by atoms with Crippen LogP contribution < -0.4 is 9.47 Å². The first kappa shape index (κ1) is 29.3. The summed E-state index contributed by atoms with van der Waals surface area (Å²) in [5, 5.41) is 0.723. The number of hydrogen-bond acceptors (Lipinski definition) is 7. The number of aryl methyl sites for hydroxylation is 2. The fourth-order valence-electron chi connectivity index (χ4n) is 6.21. The normalized spacial score (nSPS) is 15.9. The van der Waals surface area contributed by atoms with Gasteiger partial charge in [-0.2, -0.15) is 0 Å². The van der Waals surface area contributed by atoms with E-state index >= 15 is 0 Å². The number of aromatic nitrogens is 3. The smallest absolute Gasteiger partial charge is 0.338 e. The number of rotatable bonds is 6. The summed E-state index contributed by atoms with van der Waals surface area (Å²) in [6.45, 7) is 1.83. The first-order valence-corrected chi connectivity index (χ1v) is 15.6. The van der Waals surface area contributed by atoms with Crippen molar-refractivity contribution in [1.82, 2.24) is 14.5 Å². The topological polar surface area (TPSA) is 84.7 Å². The number of methoxy groups -OCH3 is 2. The van der Waals surface area contributed by atoms with Gasteiger partial charge in [0.15, 0.2) is 0 Å². The average Bonchev–Trinajstić information content (AvgIpc) is 3.38. The van der Waals surface area contributed by atoms with Gasteiger partial charge >= 0.3 is 5.97 Å². The van der Waals surface area contributed by atoms with E-state index in [4.69, 9.17) is 40.5 Å². The first-order valence-electron chi connectivity index (χ1n) is 15.3. The zero-order valence-corrected chi connectivity index (χ0v) is 26.1. The standard InChI is InChI=1S/C36H34ClN3O5/c1-42-32-18-27(36(41)43-2)17-31-35(32)39-33(40(31)20-29-13-14-44-29)19-24-9-10-25-15-22(24)5-3-6-23-16-28(37)12-11-26(23)21-45-34-8-4-7-30(25)38-34/h4,7-12,15-18,29H,3,5-6,13-14,19-21H2,1-2H3/t29-/m0/s1. The molecule has 1 fully saturated rings. The minimum Gasteiger partial charge on any atom is -0.494 e. The Bertz CT molecular complexity index is 1900. The van der Waals surface area contributed by atoms with Gasteiger partial charge in [0.2, 0.25) is 5.88 Å². The number of halogens is 1. The molecule has 0 aliphatic carbocycles. The van der Waals surface area contributed by atoms with Gasteiger partial charge in [-0.3, -0.25) is 0 Å². The average molecular weight is 624 g/mol. The number of benzene rings is 3. The third kappa shape index (κ3) is 6.00. The van der Waals surface area contributed by atoms with Crippen molar-refractivity contribution < 1.29 is 23.7 Å². The largest absolute Gasteiger partial charge is 0.494 e. The molecule has 5 aromatic rings. The molecule has 3 aromatic carbocycles. The van der Waals surface area contributed by atoms with Gasteiger partial charge in [0.05, 0.1) is 43.6 Å². The van der Waals surface area contributed by atoms with Crippen molar-refractivity contribution in [1.29, 1.82) is 0 Å². The molecule has 45 heavy (non-hydrogen) atoms. The highest BCUT2D eigenvalue weighted by molar-refractivity contribution is 6.30. The van der Waals surface area contributed by atoms with Crippen molar-refractivity contribution in [3.8, 4) is 22.9 Å². The molecule has 0 amide bonds. The van der Waals surface area contributed by atoms with Gasteiger partial charge in [0.1, 0.15) is 23.7 Å². The molecule has 0 unspecified atom stereocenters. The van der Waals surface area contributed by atoms with E-state index in [1.807, 2.05) is 42.5 Å². The summed E-state index contributed by atoms with van der Waals surface area (Å²) in [6, 6.07) is 22.0. The predicted octanol–water partition coefficient (Wildman–Crippen LogP) is 6.99. The van der Waals surface area contributed by atoms with Gasteiger partial charge in [-0.25, -0.2) is 14.8 Å².